The molecule has 4 nitrogen and oxygen atoms in total. The molecule has 0 N–H and O–H groups in total. The second kappa shape index (κ2) is 2.88. The summed E-state index contributed by atoms with van der Waals surface area (Å²) in [4.78, 5) is 8.06. The van der Waals surface area contributed by atoms with Gasteiger partial charge in [0.2, 0.25) is 0 Å². The Morgan fingerprint density at radius 1 is 1.13 bits per heavy atom. The van der Waals surface area contributed by atoms with E-state index >= 15 is 0 Å². The normalized spacial score (nSPS) is 10.9. The second-order valence-corrected chi connectivity index (χ2v) is 3.30. The van der Waals surface area contributed by atoms with Crippen LogP contribution < -0.4 is 4.73 Å². The molecule has 0 radical (unpaired) electrons. The number of hydrogen-bond acceptors (Lipinski definition) is 3. The first-order chi connectivity index (χ1) is 7.36. The average Bonchev–Trinajstić information content (AvgIpc) is 2.29. The van der Waals surface area contributed by atoms with Gasteiger partial charge in [-0.25, -0.2) is 4.73 Å². The van der Waals surface area contributed by atoms with Gasteiger partial charge in [-0.2, -0.15) is 0 Å². The van der Waals surface area contributed by atoms with Crippen molar-refractivity contribution in [2.45, 2.75) is 0 Å². The minimum absolute atomic E-state index is 0.572. The molecule has 0 fully saturated rings. The minimum atomic E-state index is 0.572. The zero-order chi connectivity index (χ0) is 10.3. The van der Waals surface area contributed by atoms with Crippen molar-refractivity contribution in [3.05, 3.63) is 48.2 Å². The fourth-order valence-corrected chi connectivity index (χ4v) is 1.71. The van der Waals surface area contributed by atoms with Crippen LogP contribution in [-0.2, 0) is 0 Å². The minimum Gasteiger partial charge on any atom is -0.710 e. The van der Waals surface area contributed by atoms with Gasteiger partial charge in [-0.3, -0.25) is 4.98 Å². The van der Waals surface area contributed by atoms with E-state index in [0.717, 1.165) is 15.5 Å². The Hall–Kier alpha value is -2.23. The van der Waals surface area contributed by atoms with Gasteiger partial charge in [0.05, 0.1) is 5.39 Å². The van der Waals surface area contributed by atoms with Crippen molar-refractivity contribution < 1.29 is 4.73 Å². The second-order valence-electron chi connectivity index (χ2n) is 3.30. The quantitative estimate of drug-likeness (QED) is 0.311. The summed E-state index contributed by atoms with van der Waals surface area (Å²) in [7, 11) is 0. The fraction of sp³-hybridized carbons (Fsp3) is 0. The van der Waals surface area contributed by atoms with E-state index in [1.165, 1.54) is 6.33 Å². The highest BCUT2D eigenvalue weighted by Gasteiger charge is 2.06. The Kier molecular flexibility index (Phi) is 1.56. The number of rotatable bonds is 0. The molecule has 3 aromatic rings. The summed E-state index contributed by atoms with van der Waals surface area (Å²) in [5, 5.41) is 13.4. The van der Waals surface area contributed by atoms with E-state index in [9.17, 15) is 5.21 Å². The molecule has 0 bridgehead atoms. The van der Waals surface area contributed by atoms with Crippen molar-refractivity contribution in [3.63, 3.8) is 0 Å². The lowest BCUT2D eigenvalue weighted by atomic mass is 10.1. The van der Waals surface area contributed by atoms with Crippen LogP contribution in [-0.4, -0.2) is 9.97 Å². The third-order valence-corrected chi connectivity index (χ3v) is 2.38. The first-order valence-electron chi connectivity index (χ1n) is 4.57. The lowest BCUT2D eigenvalue weighted by molar-refractivity contribution is -0.579. The van der Waals surface area contributed by atoms with Crippen LogP contribution in [0.3, 0.4) is 0 Å². The molecule has 0 aliphatic rings. The lowest BCUT2D eigenvalue weighted by Gasteiger charge is -2.05. The predicted molar refractivity (Wildman–Crippen MR) is 56.0 cm³/mol. The third kappa shape index (κ3) is 1.11. The van der Waals surface area contributed by atoms with Crippen LogP contribution in [0.15, 0.2) is 43.0 Å². The topological polar surface area (TPSA) is 52.7 Å². The van der Waals surface area contributed by atoms with Gasteiger partial charge in [0, 0.05) is 11.6 Å². The molecular formula is C11H7N3O. The molecule has 1 aromatic carbocycles. The van der Waals surface area contributed by atoms with Crippen LogP contribution in [0, 0.1) is 5.21 Å². The molecule has 72 valence electrons. The van der Waals surface area contributed by atoms with Crippen LogP contribution in [0.2, 0.25) is 0 Å². The molecule has 4 heteroatoms. The summed E-state index contributed by atoms with van der Waals surface area (Å²) in [6.45, 7) is 0. The van der Waals surface area contributed by atoms with E-state index in [4.69, 9.17) is 0 Å². The number of hydrogen-bond donors (Lipinski definition) is 0. The maximum absolute atomic E-state index is 11.6. The molecule has 0 saturated carbocycles. The molecule has 0 amide bonds. The Labute approximate surface area is 85.4 Å². The number of aromatic nitrogens is 3. The first-order valence-corrected chi connectivity index (χ1v) is 4.57. The number of fused-ring (bicyclic) bond motifs is 3. The summed E-state index contributed by atoms with van der Waals surface area (Å²) in [6, 6.07) is 7.60. The molecule has 0 aliphatic carbocycles. The van der Waals surface area contributed by atoms with E-state index < -0.39 is 0 Å². The van der Waals surface area contributed by atoms with Gasteiger partial charge < -0.3 is 5.21 Å². The highest BCUT2D eigenvalue weighted by molar-refractivity contribution is 6.00. The van der Waals surface area contributed by atoms with Gasteiger partial charge in [-0.15, -0.1) is 0 Å². The van der Waals surface area contributed by atoms with Gasteiger partial charge in [0.25, 0.3) is 6.33 Å². The average molecular weight is 197 g/mol. The summed E-state index contributed by atoms with van der Waals surface area (Å²) in [5.74, 6) is 0. The maximum Gasteiger partial charge on any atom is 0.289 e. The molecule has 15 heavy (non-hydrogen) atoms. The summed E-state index contributed by atoms with van der Waals surface area (Å²) in [6.07, 6.45) is 4.59. The number of nitrogens with zero attached hydrogens (tertiary/aromatic N) is 3. The van der Waals surface area contributed by atoms with Crippen molar-refractivity contribution in [1.82, 2.24) is 9.97 Å². The maximum atomic E-state index is 11.6. The van der Waals surface area contributed by atoms with Gasteiger partial charge >= 0.3 is 0 Å². The Bertz CT molecular complexity index is 651. The van der Waals surface area contributed by atoms with Crippen LogP contribution in [0.25, 0.3) is 21.8 Å². The van der Waals surface area contributed by atoms with E-state index in [0.29, 0.717) is 11.0 Å². The Morgan fingerprint density at radius 2 is 2.00 bits per heavy atom. The molecule has 0 atom stereocenters. The first kappa shape index (κ1) is 8.11. The predicted octanol–water partition coefficient (Wildman–Crippen LogP) is 1.42. The van der Waals surface area contributed by atoms with Gasteiger partial charge in [0.1, 0.15) is 5.52 Å². The van der Waals surface area contributed by atoms with Crippen LogP contribution >= 0.6 is 0 Å². The number of benzene rings is 1. The molecule has 2 heterocycles. The van der Waals surface area contributed by atoms with E-state index in [-0.39, 0.29) is 0 Å². The van der Waals surface area contributed by atoms with Crippen molar-refractivity contribution >= 4 is 21.8 Å². The Morgan fingerprint density at radius 3 is 2.93 bits per heavy atom. The molecule has 3 rings (SSSR count). The third-order valence-electron chi connectivity index (χ3n) is 2.38. The molecular weight excluding hydrogens is 190 g/mol. The summed E-state index contributed by atoms with van der Waals surface area (Å²) < 4.78 is 0.755. The summed E-state index contributed by atoms with van der Waals surface area (Å²) >= 11 is 0. The van der Waals surface area contributed by atoms with Crippen molar-refractivity contribution in [2.24, 2.45) is 0 Å². The van der Waals surface area contributed by atoms with Crippen LogP contribution in [0.1, 0.15) is 0 Å². The Balaban J connectivity index is 2.64. The number of pyridine rings is 1. The van der Waals surface area contributed by atoms with Gasteiger partial charge in [-0.05, 0) is 12.1 Å². The molecule has 0 saturated heterocycles. The van der Waals surface area contributed by atoms with E-state index in [1.807, 2.05) is 24.3 Å². The van der Waals surface area contributed by atoms with Gasteiger partial charge in [-0.1, -0.05) is 17.1 Å². The molecule has 2 aromatic heterocycles. The SMILES string of the molecule is [O-][n+]1cncc2ccc3cccnc3c21. The van der Waals surface area contributed by atoms with E-state index in [1.54, 1.807) is 12.4 Å². The highest BCUT2D eigenvalue weighted by atomic mass is 16.5. The molecule has 0 unspecified atom stereocenters. The lowest BCUT2D eigenvalue weighted by Crippen LogP contribution is -2.27. The zero-order valence-corrected chi connectivity index (χ0v) is 7.79. The van der Waals surface area contributed by atoms with Crippen molar-refractivity contribution in [3.8, 4) is 0 Å². The molecule has 0 aliphatic heterocycles. The van der Waals surface area contributed by atoms with Gasteiger partial charge in [0.15, 0.2) is 11.7 Å². The fourth-order valence-electron chi connectivity index (χ4n) is 1.71. The zero-order valence-electron chi connectivity index (χ0n) is 7.79. The van der Waals surface area contributed by atoms with Crippen LogP contribution in [0.4, 0.5) is 0 Å². The molecule has 0 spiro atoms. The van der Waals surface area contributed by atoms with E-state index in [2.05, 4.69) is 9.97 Å². The highest BCUT2D eigenvalue weighted by Crippen LogP contribution is 2.18. The standard InChI is InChI=1S/C11H7N3O/c15-14-7-12-6-9-4-3-8-2-1-5-13-10(8)11(9)14/h1-7H. The monoisotopic (exact) mass is 197 g/mol. The van der Waals surface area contributed by atoms with Crippen LogP contribution in [0.5, 0.6) is 0 Å². The largest absolute Gasteiger partial charge is 0.710 e. The smallest absolute Gasteiger partial charge is 0.289 e. The van der Waals surface area contributed by atoms with Crippen molar-refractivity contribution in [1.29, 1.82) is 0 Å². The van der Waals surface area contributed by atoms with Crippen molar-refractivity contribution in [2.75, 3.05) is 0 Å². The summed E-state index contributed by atoms with van der Waals surface area (Å²) in [5.41, 5.74) is 1.29.